The van der Waals surface area contributed by atoms with Crippen LogP contribution < -0.4 is 5.32 Å². The van der Waals surface area contributed by atoms with Gasteiger partial charge >= 0.3 is 0 Å². The molecule has 3 rings (SSSR count). The van der Waals surface area contributed by atoms with Gasteiger partial charge in [0, 0.05) is 10.0 Å². The molecule has 1 N–H and O–H groups in total. The van der Waals surface area contributed by atoms with Gasteiger partial charge in [-0.25, -0.2) is 4.98 Å². The number of halogens is 2. The van der Waals surface area contributed by atoms with Gasteiger partial charge in [-0.1, -0.05) is 46.7 Å². The molecule has 0 radical (unpaired) electrons. The van der Waals surface area contributed by atoms with Crippen molar-refractivity contribution in [3.63, 3.8) is 0 Å². The van der Waals surface area contributed by atoms with Gasteiger partial charge < -0.3 is 5.32 Å². The number of hydrogen-bond donors (Lipinski definition) is 1. The van der Waals surface area contributed by atoms with Gasteiger partial charge in [0.25, 0.3) is 0 Å². The van der Waals surface area contributed by atoms with E-state index < -0.39 is 0 Å². The molecule has 0 atom stereocenters. The second-order valence-corrected chi connectivity index (χ2v) is 7.28. The lowest BCUT2D eigenvalue weighted by Crippen LogP contribution is -2.14. The van der Waals surface area contributed by atoms with Gasteiger partial charge in [0.15, 0.2) is 5.13 Å². The second-order valence-electron chi connectivity index (χ2n) is 5.41. The van der Waals surface area contributed by atoms with E-state index in [4.69, 9.17) is 23.2 Å². The van der Waals surface area contributed by atoms with Gasteiger partial charge in [0.1, 0.15) is 0 Å². The molecule has 0 aliphatic carbocycles. The van der Waals surface area contributed by atoms with Crippen molar-refractivity contribution < 1.29 is 4.79 Å². The molecule has 0 saturated carbocycles. The van der Waals surface area contributed by atoms with E-state index >= 15 is 0 Å². The van der Waals surface area contributed by atoms with Crippen LogP contribution in [0.25, 0.3) is 10.2 Å². The summed E-state index contributed by atoms with van der Waals surface area (Å²) in [6, 6.07) is 9.28. The number of aryl methyl sites for hydroxylation is 2. The molecule has 0 saturated heterocycles. The van der Waals surface area contributed by atoms with E-state index in [9.17, 15) is 4.79 Å². The molecule has 0 aliphatic heterocycles. The Morgan fingerprint density at radius 3 is 2.74 bits per heavy atom. The summed E-state index contributed by atoms with van der Waals surface area (Å²) in [5, 5.41) is 4.49. The third-order valence-corrected chi connectivity index (χ3v) is 4.95. The van der Waals surface area contributed by atoms with E-state index in [0.717, 1.165) is 21.3 Å². The molecule has 3 aromatic rings. The third kappa shape index (κ3) is 3.66. The zero-order valence-corrected chi connectivity index (χ0v) is 14.9. The minimum atomic E-state index is -0.150. The van der Waals surface area contributed by atoms with E-state index in [-0.39, 0.29) is 12.3 Å². The number of fused-ring (bicyclic) bond motifs is 1. The fourth-order valence-electron chi connectivity index (χ4n) is 2.43. The molecule has 1 amide bonds. The Morgan fingerprint density at radius 1 is 1.22 bits per heavy atom. The zero-order valence-electron chi connectivity index (χ0n) is 12.6. The van der Waals surface area contributed by atoms with Gasteiger partial charge in [0.2, 0.25) is 5.91 Å². The number of benzene rings is 2. The number of carbonyl (C=O) groups excluding carboxylic acids is 1. The minimum absolute atomic E-state index is 0.150. The summed E-state index contributed by atoms with van der Waals surface area (Å²) in [7, 11) is 0. The number of nitrogens with one attached hydrogen (secondary N) is 1. The predicted octanol–water partition coefficient (Wildman–Crippen LogP) is 5.40. The monoisotopic (exact) mass is 364 g/mol. The lowest BCUT2D eigenvalue weighted by molar-refractivity contribution is -0.115. The topological polar surface area (TPSA) is 42.0 Å². The van der Waals surface area contributed by atoms with Crippen LogP contribution in [0.3, 0.4) is 0 Å². The summed E-state index contributed by atoms with van der Waals surface area (Å²) in [5.41, 5.74) is 3.96. The van der Waals surface area contributed by atoms with E-state index in [2.05, 4.69) is 22.4 Å². The Labute approximate surface area is 148 Å². The Hall–Kier alpha value is -1.62. The molecule has 1 aromatic heterocycles. The van der Waals surface area contributed by atoms with Gasteiger partial charge in [-0.2, -0.15) is 0 Å². The molecule has 0 unspecified atom stereocenters. The van der Waals surface area contributed by atoms with Crippen molar-refractivity contribution in [1.82, 2.24) is 4.98 Å². The largest absolute Gasteiger partial charge is 0.302 e. The molecular formula is C17H14Cl2N2OS. The maximum atomic E-state index is 12.2. The third-order valence-electron chi connectivity index (χ3n) is 3.44. The van der Waals surface area contributed by atoms with Crippen molar-refractivity contribution >= 4 is 55.8 Å². The molecule has 23 heavy (non-hydrogen) atoms. The number of anilines is 1. The van der Waals surface area contributed by atoms with E-state index in [1.54, 1.807) is 18.2 Å². The summed E-state index contributed by atoms with van der Waals surface area (Å²) in [5.74, 6) is -0.150. The molecule has 1 heterocycles. The standard InChI is InChI=1S/C17H14Cl2N2OS/c1-9-5-10(2)16-14(6-9)23-17(21-16)20-15(22)7-11-3-4-12(18)8-13(11)19/h3-6,8H,7H2,1-2H3,(H,20,21,22). The van der Waals surface area contributed by atoms with Crippen molar-refractivity contribution in [3.05, 3.63) is 57.1 Å². The van der Waals surface area contributed by atoms with Gasteiger partial charge in [0.05, 0.1) is 16.6 Å². The van der Waals surface area contributed by atoms with Crippen molar-refractivity contribution in [3.8, 4) is 0 Å². The van der Waals surface area contributed by atoms with E-state index in [1.807, 2.05) is 13.8 Å². The SMILES string of the molecule is Cc1cc(C)c2nc(NC(=O)Cc3ccc(Cl)cc3Cl)sc2c1. The highest BCUT2D eigenvalue weighted by atomic mass is 35.5. The number of nitrogens with zero attached hydrogens (tertiary/aromatic N) is 1. The van der Waals surface area contributed by atoms with Crippen LogP contribution in [0.2, 0.25) is 10.0 Å². The number of aromatic nitrogens is 1. The quantitative estimate of drug-likeness (QED) is 0.675. The van der Waals surface area contributed by atoms with Crippen molar-refractivity contribution in [1.29, 1.82) is 0 Å². The number of hydrogen-bond acceptors (Lipinski definition) is 3. The molecule has 0 bridgehead atoms. The maximum Gasteiger partial charge on any atom is 0.230 e. The average Bonchev–Trinajstić information content (AvgIpc) is 2.84. The van der Waals surface area contributed by atoms with Crippen LogP contribution in [0.15, 0.2) is 30.3 Å². The first-order valence-electron chi connectivity index (χ1n) is 7.04. The Morgan fingerprint density at radius 2 is 2.00 bits per heavy atom. The first kappa shape index (κ1) is 16.2. The van der Waals surface area contributed by atoms with Gasteiger partial charge in [-0.3, -0.25) is 4.79 Å². The van der Waals surface area contributed by atoms with Crippen molar-refractivity contribution in [2.45, 2.75) is 20.3 Å². The molecule has 118 valence electrons. The molecular weight excluding hydrogens is 351 g/mol. The summed E-state index contributed by atoms with van der Waals surface area (Å²) in [6.07, 6.45) is 0.184. The van der Waals surface area contributed by atoms with Crippen LogP contribution in [0, 0.1) is 13.8 Å². The maximum absolute atomic E-state index is 12.2. The average molecular weight is 365 g/mol. The molecule has 0 fully saturated rings. The fourth-order valence-corrected chi connectivity index (χ4v) is 3.96. The highest BCUT2D eigenvalue weighted by molar-refractivity contribution is 7.22. The van der Waals surface area contributed by atoms with E-state index in [1.165, 1.54) is 16.9 Å². The first-order valence-corrected chi connectivity index (χ1v) is 8.61. The van der Waals surface area contributed by atoms with Crippen molar-refractivity contribution in [2.75, 3.05) is 5.32 Å². The Bertz CT molecular complexity index is 905. The van der Waals surface area contributed by atoms with Crippen LogP contribution in [0.1, 0.15) is 16.7 Å². The number of amides is 1. The smallest absolute Gasteiger partial charge is 0.230 e. The lowest BCUT2D eigenvalue weighted by Gasteiger charge is -2.04. The first-order chi connectivity index (χ1) is 10.9. The number of rotatable bonds is 3. The zero-order chi connectivity index (χ0) is 16.6. The molecule has 2 aromatic carbocycles. The van der Waals surface area contributed by atoms with Crippen LogP contribution in [0.5, 0.6) is 0 Å². The summed E-state index contributed by atoms with van der Waals surface area (Å²) < 4.78 is 1.07. The molecule has 3 nitrogen and oxygen atoms in total. The Kier molecular flexibility index (Phi) is 4.57. The highest BCUT2D eigenvalue weighted by Crippen LogP contribution is 2.29. The highest BCUT2D eigenvalue weighted by Gasteiger charge is 2.12. The van der Waals surface area contributed by atoms with Gasteiger partial charge in [-0.05, 0) is 48.7 Å². The Balaban J connectivity index is 1.79. The number of thiazole rings is 1. The predicted molar refractivity (Wildman–Crippen MR) is 97.9 cm³/mol. The minimum Gasteiger partial charge on any atom is -0.302 e. The fraction of sp³-hybridized carbons (Fsp3) is 0.176. The van der Waals surface area contributed by atoms with Crippen LogP contribution in [-0.2, 0) is 11.2 Å². The van der Waals surface area contributed by atoms with Crippen LogP contribution >= 0.6 is 34.5 Å². The molecule has 6 heteroatoms. The summed E-state index contributed by atoms with van der Waals surface area (Å²) >= 11 is 13.4. The summed E-state index contributed by atoms with van der Waals surface area (Å²) in [6.45, 7) is 4.07. The summed E-state index contributed by atoms with van der Waals surface area (Å²) in [4.78, 5) is 16.7. The molecule has 0 spiro atoms. The van der Waals surface area contributed by atoms with Crippen LogP contribution in [0.4, 0.5) is 5.13 Å². The van der Waals surface area contributed by atoms with E-state index in [0.29, 0.717) is 15.2 Å². The second kappa shape index (κ2) is 6.48. The van der Waals surface area contributed by atoms with Gasteiger partial charge in [-0.15, -0.1) is 0 Å². The number of carbonyl (C=O) groups is 1. The lowest BCUT2D eigenvalue weighted by atomic mass is 10.1. The van der Waals surface area contributed by atoms with Crippen molar-refractivity contribution in [2.24, 2.45) is 0 Å². The normalized spacial score (nSPS) is 11.0. The molecule has 0 aliphatic rings. The van der Waals surface area contributed by atoms with Crippen LogP contribution in [-0.4, -0.2) is 10.9 Å².